The van der Waals surface area contributed by atoms with Crippen molar-refractivity contribution in [3.63, 3.8) is 0 Å². The van der Waals surface area contributed by atoms with Crippen molar-refractivity contribution >= 4 is 11.8 Å². The Bertz CT molecular complexity index is 485. The topological polar surface area (TPSA) is 49.4 Å². The lowest BCUT2D eigenvalue weighted by atomic mass is 10.1. The highest BCUT2D eigenvalue weighted by atomic mass is 16.2. The molecule has 0 aliphatic carbocycles. The molecule has 0 spiro atoms. The van der Waals surface area contributed by atoms with Crippen molar-refractivity contribution in [2.75, 3.05) is 6.54 Å². The second-order valence-electron chi connectivity index (χ2n) is 6.28. The fourth-order valence-corrected chi connectivity index (χ4v) is 2.39. The predicted octanol–water partition coefficient (Wildman–Crippen LogP) is 3.37. The summed E-state index contributed by atoms with van der Waals surface area (Å²) in [6, 6.07) is 9.33. The molecule has 0 heterocycles. The number of hydrogen-bond donors (Lipinski definition) is 1. The maximum absolute atomic E-state index is 12.5. The van der Waals surface area contributed by atoms with Gasteiger partial charge in [-0.2, -0.15) is 0 Å². The van der Waals surface area contributed by atoms with E-state index in [-0.39, 0.29) is 17.7 Å². The molecule has 4 heteroatoms. The van der Waals surface area contributed by atoms with Gasteiger partial charge in [0.1, 0.15) is 6.04 Å². The van der Waals surface area contributed by atoms with Gasteiger partial charge in [-0.15, -0.1) is 0 Å². The quantitative estimate of drug-likeness (QED) is 0.710. The van der Waals surface area contributed by atoms with Gasteiger partial charge in [0.2, 0.25) is 11.8 Å². The van der Waals surface area contributed by atoms with Crippen LogP contribution < -0.4 is 5.32 Å². The molecular weight excluding hydrogens is 288 g/mol. The number of benzene rings is 1. The fourth-order valence-electron chi connectivity index (χ4n) is 2.39. The van der Waals surface area contributed by atoms with E-state index in [4.69, 9.17) is 0 Å². The van der Waals surface area contributed by atoms with Gasteiger partial charge in [0.15, 0.2) is 0 Å². The molecule has 0 bridgehead atoms. The third kappa shape index (κ3) is 6.43. The van der Waals surface area contributed by atoms with Gasteiger partial charge in [0, 0.05) is 19.0 Å². The van der Waals surface area contributed by atoms with Crippen LogP contribution in [0.4, 0.5) is 0 Å². The third-order valence-corrected chi connectivity index (χ3v) is 3.90. The minimum absolute atomic E-state index is 0.00469. The standard InChI is InChI=1S/C19H30N2O2/c1-5-6-10-13-20-18(22)16(4)21(19(23)15(2)3)14-17-11-8-7-9-12-17/h7-9,11-12,15-16H,5-6,10,13-14H2,1-4H3,(H,20,22)/t16-/m1/s1. The van der Waals surface area contributed by atoms with Gasteiger partial charge in [-0.05, 0) is 18.9 Å². The van der Waals surface area contributed by atoms with E-state index < -0.39 is 6.04 Å². The molecule has 0 radical (unpaired) electrons. The summed E-state index contributed by atoms with van der Waals surface area (Å²) in [6.07, 6.45) is 3.20. The SMILES string of the molecule is CCCCCNC(=O)[C@@H](C)N(Cc1ccccc1)C(=O)C(C)C. The Morgan fingerprint density at radius 3 is 2.30 bits per heavy atom. The number of nitrogens with zero attached hydrogens (tertiary/aromatic N) is 1. The van der Waals surface area contributed by atoms with Crippen molar-refractivity contribution in [3.05, 3.63) is 35.9 Å². The Kier molecular flexibility index (Phi) is 8.38. The van der Waals surface area contributed by atoms with Crippen LogP contribution in [0.3, 0.4) is 0 Å². The van der Waals surface area contributed by atoms with E-state index in [1.165, 1.54) is 0 Å². The molecule has 1 atom stereocenters. The van der Waals surface area contributed by atoms with Crippen molar-refractivity contribution in [1.29, 1.82) is 0 Å². The van der Waals surface area contributed by atoms with Crippen LogP contribution in [0.15, 0.2) is 30.3 Å². The minimum atomic E-state index is -0.466. The molecular formula is C19H30N2O2. The molecule has 23 heavy (non-hydrogen) atoms. The van der Waals surface area contributed by atoms with Crippen LogP contribution in [-0.2, 0) is 16.1 Å². The zero-order chi connectivity index (χ0) is 17.2. The van der Waals surface area contributed by atoms with Crippen molar-refractivity contribution in [2.45, 2.75) is 59.5 Å². The second-order valence-corrected chi connectivity index (χ2v) is 6.28. The summed E-state index contributed by atoms with van der Waals surface area (Å²) in [7, 11) is 0. The van der Waals surface area contributed by atoms with Gasteiger partial charge in [0.25, 0.3) is 0 Å². The van der Waals surface area contributed by atoms with Crippen LogP contribution in [0.1, 0.15) is 52.5 Å². The lowest BCUT2D eigenvalue weighted by Crippen LogP contribution is -2.49. The number of carbonyl (C=O) groups is 2. The van der Waals surface area contributed by atoms with Gasteiger partial charge in [-0.3, -0.25) is 9.59 Å². The lowest BCUT2D eigenvalue weighted by molar-refractivity contribution is -0.143. The molecule has 1 aromatic rings. The Labute approximate surface area is 140 Å². The van der Waals surface area contributed by atoms with Crippen molar-refractivity contribution in [2.24, 2.45) is 5.92 Å². The molecule has 0 aliphatic heterocycles. The largest absolute Gasteiger partial charge is 0.354 e. The van der Waals surface area contributed by atoms with Gasteiger partial charge >= 0.3 is 0 Å². The summed E-state index contributed by atoms with van der Waals surface area (Å²) in [5.41, 5.74) is 1.03. The van der Waals surface area contributed by atoms with E-state index in [1.807, 2.05) is 44.2 Å². The summed E-state index contributed by atoms with van der Waals surface area (Å²) in [4.78, 5) is 26.6. The number of amides is 2. The first-order chi connectivity index (χ1) is 11.0. The van der Waals surface area contributed by atoms with Crippen LogP contribution in [0.25, 0.3) is 0 Å². The summed E-state index contributed by atoms with van der Waals surface area (Å²) in [6.45, 7) is 8.80. The van der Waals surface area contributed by atoms with E-state index in [1.54, 1.807) is 11.8 Å². The Morgan fingerprint density at radius 2 is 1.74 bits per heavy atom. The molecule has 4 nitrogen and oxygen atoms in total. The highest BCUT2D eigenvalue weighted by Gasteiger charge is 2.27. The molecule has 0 fully saturated rings. The van der Waals surface area contributed by atoms with Crippen LogP contribution in [0, 0.1) is 5.92 Å². The normalized spacial score (nSPS) is 12.0. The van der Waals surface area contributed by atoms with Crippen LogP contribution in [0.5, 0.6) is 0 Å². The summed E-state index contributed by atoms with van der Waals surface area (Å²) in [5, 5.41) is 2.94. The van der Waals surface area contributed by atoms with E-state index in [0.29, 0.717) is 13.1 Å². The number of nitrogens with one attached hydrogen (secondary N) is 1. The molecule has 2 amide bonds. The van der Waals surface area contributed by atoms with E-state index in [2.05, 4.69) is 12.2 Å². The number of rotatable bonds is 9. The molecule has 1 N–H and O–H groups in total. The van der Waals surface area contributed by atoms with E-state index >= 15 is 0 Å². The summed E-state index contributed by atoms with van der Waals surface area (Å²) >= 11 is 0. The first-order valence-corrected chi connectivity index (χ1v) is 8.59. The summed E-state index contributed by atoms with van der Waals surface area (Å²) in [5.74, 6) is -0.204. The molecule has 1 aromatic carbocycles. The van der Waals surface area contributed by atoms with Crippen molar-refractivity contribution in [3.8, 4) is 0 Å². The van der Waals surface area contributed by atoms with Crippen molar-refractivity contribution in [1.82, 2.24) is 10.2 Å². The average Bonchev–Trinajstić information content (AvgIpc) is 2.56. The molecule has 1 rings (SSSR count). The van der Waals surface area contributed by atoms with Crippen LogP contribution in [0.2, 0.25) is 0 Å². The number of hydrogen-bond acceptors (Lipinski definition) is 2. The molecule has 128 valence electrons. The third-order valence-electron chi connectivity index (χ3n) is 3.90. The Balaban J connectivity index is 2.74. The minimum Gasteiger partial charge on any atom is -0.354 e. The van der Waals surface area contributed by atoms with Crippen LogP contribution >= 0.6 is 0 Å². The van der Waals surface area contributed by atoms with Crippen molar-refractivity contribution < 1.29 is 9.59 Å². The van der Waals surface area contributed by atoms with Gasteiger partial charge in [-0.1, -0.05) is 63.9 Å². The lowest BCUT2D eigenvalue weighted by Gasteiger charge is -2.30. The van der Waals surface area contributed by atoms with Crippen LogP contribution in [-0.4, -0.2) is 29.3 Å². The average molecular weight is 318 g/mol. The Hall–Kier alpha value is -1.84. The van der Waals surface area contributed by atoms with Gasteiger partial charge < -0.3 is 10.2 Å². The molecule has 0 aliphatic rings. The number of unbranched alkanes of at least 4 members (excludes halogenated alkanes) is 2. The van der Waals surface area contributed by atoms with E-state index in [0.717, 1.165) is 24.8 Å². The van der Waals surface area contributed by atoms with Gasteiger partial charge in [0.05, 0.1) is 0 Å². The maximum atomic E-state index is 12.5. The van der Waals surface area contributed by atoms with Gasteiger partial charge in [-0.25, -0.2) is 0 Å². The first kappa shape index (κ1) is 19.2. The fraction of sp³-hybridized carbons (Fsp3) is 0.579. The summed E-state index contributed by atoms with van der Waals surface area (Å²) < 4.78 is 0. The molecule has 0 aromatic heterocycles. The second kappa shape index (κ2) is 10.0. The Morgan fingerprint density at radius 1 is 1.09 bits per heavy atom. The highest BCUT2D eigenvalue weighted by Crippen LogP contribution is 2.13. The predicted molar refractivity (Wildman–Crippen MR) is 93.8 cm³/mol. The monoisotopic (exact) mass is 318 g/mol. The molecule has 0 saturated heterocycles. The number of carbonyl (C=O) groups excluding carboxylic acids is 2. The maximum Gasteiger partial charge on any atom is 0.242 e. The van der Waals surface area contributed by atoms with E-state index in [9.17, 15) is 9.59 Å². The highest BCUT2D eigenvalue weighted by molar-refractivity contribution is 5.88. The first-order valence-electron chi connectivity index (χ1n) is 8.59. The zero-order valence-corrected chi connectivity index (χ0v) is 14.8. The zero-order valence-electron chi connectivity index (χ0n) is 14.8. The molecule has 0 saturated carbocycles. The smallest absolute Gasteiger partial charge is 0.242 e. The molecule has 0 unspecified atom stereocenters.